The van der Waals surface area contributed by atoms with Crippen molar-refractivity contribution in [3.63, 3.8) is 0 Å². The summed E-state index contributed by atoms with van der Waals surface area (Å²) in [5.74, 6) is 0.965. The number of benzene rings is 1. The van der Waals surface area contributed by atoms with E-state index in [-0.39, 0.29) is 0 Å². The van der Waals surface area contributed by atoms with E-state index in [0.29, 0.717) is 12.1 Å². The summed E-state index contributed by atoms with van der Waals surface area (Å²) in [6, 6.07) is 8.65. The van der Waals surface area contributed by atoms with Gasteiger partial charge in [0.1, 0.15) is 0 Å². The summed E-state index contributed by atoms with van der Waals surface area (Å²) in [5, 5.41) is 0. The first-order valence-electron chi connectivity index (χ1n) is 6.83. The lowest BCUT2D eigenvalue weighted by molar-refractivity contribution is -0.0362. The molecule has 0 aliphatic carbocycles. The van der Waals surface area contributed by atoms with E-state index in [2.05, 4.69) is 32.9 Å². The number of hydrogen-bond acceptors (Lipinski definition) is 4. The fourth-order valence-electron chi connectivity index (χ4n) is 3.12. The molecule has 2 unspecified atom stereocenters. The Bertz CT molecular complexity index is 563. The number of anilines is 1. The number of imidazole rings is 1. The third-order valence-corrected chi connectivity index (χ3v) is 4.26. The van der Waals surface area contributed by atoms with Crippen molar-refractivity contribution in [3.05, 3.63) is 24.3 Å². The second-order valence-corrected chi connectivity index (χ2v) is 5.44. The number of hydrogen-bond donors (Lipinski definition) is 1. The average molecular weight is 258 g/mol. The van der Waals surface area contributed by atoms with Crippen molar-refractivity contribution in [1.82, 2.24) is 14.9 Å². The predicted octanol–water partition coefficient (Wildman–Crippen LogP) is 1.08. The van der Waals surface area contributed by atoms with Gasteiger partial charge < -0.3 is 14.6 Å². The molecule has 0 bridgehead atoms. The van der Waals surface area contributed by atoms with E-state index in [1.54, 1.807) is 0 Å². The van der Waals surface area contributed by atoms with Gasteiger partial charge in [-0.05, 0) is 19.2 Å². The minimum atomic E-state index is 0.312. The van der Waals surface area contributed by atoms with Crippen LogP contribution < -0.4 is 4.90 Å². The molecule has 2 atom stereocenters. The van der Waals surface area contributed by atoms with Gasteiger partial charge in [0.15, 0.2) is 0 Å². The topological polar surface area (TPSA) is 44.4 Å². The molecule has 2 aromatic rings. The van der Waals surface area contributed by atoms with Crippen LogP contribution in [-0.2, 0) is 4.74 Å². The molecule has 2 aliphatic heterocycles. The van der Waals surface area contributed by atoms with Crippen LogP contribution in [0.3, 0.4) is 0 Å². The number of nitrogens with one attached hydrogen (secondary N) is 1. The van der Waals surface area contributed by atoms with E-state index in [1.807, 2.05) is 18.2 Å². The normalized spacial score (nSPS) is 27.9. The van der Waals surface area contributed by atoms with Crippen molar-refractivity contribution >= 4 is 17.0 Å². The molecule has 1 aromatic heterocycles. The first-order valence-corrected chi connectivity index (χ1v) is 6.83. The van der Waals surface area contributed by atoms with Gasteiger partial charge in [-0.25, -0.2) is 4.98 Å². The second kappa shape index (κ2) is 4.21. The zero-order valence-electron chi connectivity index (χ0n) is 11.0. The van der Waals surface area contributed by atoms with Crippen LogP contribution in [0.2, 0.25) is 0 Å². The smallest absolute Gasteiger partial charge is 0.203 e. The molecule has 5 heteroatoms. The number of likely N-dealkylation sites (N-methyl/N-ethyl adjacent to an activating group) is 1. The molecule has 2 aliphatic rings. The van der Waals surface area contributed by atoms with E-state index < -0.39 is 0 Å². The highest BCUT2D eigenvalue weighted by Crippen LogP contribution is 2.26. The molecule has 0 amide bonds. The third-order valence-electron chi connectivity index (χ3n) is 4.26. The number of fused-ring (bicyclic) bond motifs is 2. The lowest BCUT2D eigenvalue weighted by Gasteiger charge is -2.33. The van der Waals surface area contributed by atoms with Gasteiger partial charge in [-0.3, -0.25) is 4.90 Å². The first-order chi connectivity index (χ1) is 9.31. The number of aromatic nitrogens is 2. The van der Waals surface area contributed by atoms with Crippen LogP contribution in [0.4, 0.5) is 5.95 Å². The molecule has 0 saturated carbocycles. The third kappa shape index (κ3) is 1.81. The highest BCUT2D eigenvalue weighted by atomic mass is 16.5. The van der Waals surface area contributed by atoms with Crippen LogP contribution >= 0.6 is 0 Å². The summed E-state index contributed by atoms with van der Waals surface area (Å²) in [5.41, 5.74) is 2.13. The Hall–Kier alpha value is -1.59. The Labute approximate surface area is 112 Å². The van der Waals surface area contributed by atoms with Crippen LogP contribution in [0, 0.1) is 0 Å². The van der Waals surface area contributed by atoms with Crippen molar-refractivity contribution in [2.75, 3.05) is 38.2 Å². The van der Waals surface area contributed by atoms with Gasteiger partial charge in [0.25, 0.3) is 0 Å². The number of aromatic amines is 1. The molecule has 0 spiro atoms. The van der Waals surface area contributed by atoms with E-state index in [4.69, 9.17) is 4.74 Å². The molecule has 1 aromatic carbocycles. The van der Waals surface area contributed by atoms with Crippen LogP contribution in [0.1, 0.15) is 0 Å². The van der Waals surface area contributed by atoms with E-state index in [0.717, 1.165) is 43.2 Å². The monoisotopic (exact) mass is 258 g/mol. The minimum Gasteiger partial charge on any atom is -0.373 e. The molecule has 19 heavy (non-hydrogen) atoms. The first kappa shape index (κ1) is 11.3. The predicted molar refractivity (Wildman–Crippen MR) is 74.5 cm³/mol. The maximum atomic E-state index is 5.87. The van der Waals surface area contributed by atoms with Gasteiger partial charge in [-0.15, -0.1) is 0 Å². The minimum absolute atomic E-state index is 0.312. The summed E-state index contributed by atoms with van der Waals surface area (Å²) in [6.07, 6.45) is 0.312. The lowest BCUT2D eigenvalue weighted by Crippen LogP contribution is -2.48. The number of morpholine rings is 1. The van der Waals surface area contributed by atoms with E-state index in [9.17, 15) is 0 Å². The van der Waals surface area contributed by atoms with Crippen molar-refractivity contribution in [2.24, 2.45) is 0 Å². The van der Waals surface area contributed by atoms with E-state index >= 15 is 0 Å². The Morgan fingerprint density at radius 1 is 1.32 bits per heavy atom. The molecule has 4 rings (SSSR count). The Balaban J connectivity index is 1.63. The van der Waals surface area contributed by atoms with Crippen LogP contribution in [0.15, 0.2) is 24.3 Å². The lowest BCUT2D eigenvalue weighted by atomic mass is 10.1. The fraction of sp³-hybridized carbons (Fsp3) is 0.500. The number of ether oxygens (including phenoxy) is 1. The van der Waals surface area contributed by atoms with Crippen LogP contribution in [0.5, 0.6) is 0 Å². The van der Waals surface area contributed by atoms with Crippen molar-refractivity contribution in [2.45, 2.75) is 12.1 Å². The second-order valence-electron chi connectivity index (χ2n) is 5.44. The molecule has 5 nitrogen and oxygen atoms in total. The summed E-state index contributed by atoms with van der Waals surface area (Å²) in [7, 11) is 2.18. The number of rotatable bonds is 1. The zero-order chi connectivity index (χ0) is 12.8. The largest absolute Gasteiger partial charge is 0.373 e. The summed E-state index contributed by atoms with van der Waals surface area (Å²) in [6.45, 7) is 3.77. The maximum absolute atomic E-state index is 5.87. The SMILES string of the molecule is CN1CCOC2CN(c3nc4ccccc4[nH]3)CC21. The summed E-state index contributed by atoms with van der Waals surface area (Å²) in [4.78, 5) is 12.8. The van der Waals surface area contributed by atoms with Crippen molar-refractivity contribution < 1.29 is 4.74 Å². The maximum Gasteiger partial charge on any atom is 0.203 e. The molecule has 2 saturated heterocycles. The number of H-pyrrole nitrogens is 1. The van der Waals surface area contributed by atoms with Gasteiger partial charge in [-0.2, -0.15) is 0 Å². The van der Waals surface area contributed by atoms with Gasteiger partial charge in [0.05, 0.1) is 29.8 Å². The Morgan fingerprint density at radius 2 is 2.21 bits per heavy atom. The standard InChI is InChI=1S/C14H18N4O/c1-17-6-7-19-13-9-18(8-12(13)17)14-15-10-4-2-3-5-11(10)16-14/h2-5,12-13H,6-9H2,1H3,(H,15,16). The molecule has 100 valence electrons. The van der Waals surface area contributed by atoms with Gasteiger partial charge in [-0.1, -0.05) is 12.1 Å². The highest BCUT2D eigenvalue weighted by Gasteiger charge is 2.39. The highest BCUT2D eigenvalue weighted by molar-refractivity contribution is 5.77. The van der Waals surface area contributed by atoms with E-state index in [1.165, 1.54) is 0 Å². The molecule has 2 fully saturated rings. The molecule has 1 N–H and O–H groups in total. The molecule has 3 heterocycles. The average Bonchev–Trinajstić information content (AvgIpc) is 3.02. The zero-order valence-corrected chi connectivity index (χ0v) is 11.0. The number of para-hydroxylation sites is 2. The van der Waals surface area contributed by atoms with Crippen LogP contribution in [-0.4, -0.2) is 60.3 Å². The molecular formula is C14H18N4O. The van der Waals surface area contributed by atoms with Gasteiger partial charge in [0.2, 0.25) is 5.95 Å². The Morgan fingerprint density at radius 3 is 3.05 bits per heavy atom. The molecular weight excluding hydrogens is 240 g/mol. The van der Waals surface area contributed by atoms with Crippen molar-refractivity contribution in [1.29, 1.82) is 0 Å². The summed E-state index contributed by atoms with van der Waals surface area (Å²) >= 11 is 0. The Kier molecular flexibility index (Phi) is 2.50. The molecule has 0 radical (unpaired) electrons. The van der Waals surface area contributed by atoms with Crippen LogP contribution in [0.25, 0.3) is 11.0 Å². The van der Waals surface area contributed by atoms with Gasteiger partial charge in [0, 0.05) is 19.6 Å². The van der Waals surface area contributed by atoms with Crippen molar-refractivity contribution in [3.8, 4) is 0 Å². The number of nitrogens with zero attached hydrogens (tertiary/aromatic N) is 3. The summed E-state index contributed by atoms with van der Waals surface area (Å²) < 4.78 is 5.87. The van der Waals surface area contributed by atoms with Gasteiger partial charge >= 0.3 is 0 Å². The quantitative estimate of drug-likeness (QED) is 0.831. The fourth-order valence-corrected chi connectivity index (χ4v) is 3.12.